The Labute approximate surface area is 61.5 Å². The third-order valence-electron chi connectivity index (χ3n) is 1.47. The zero-order valence-electron chi connectivity index (χ0n) is 5.64. The highest BCUT2D eigenvalue weighted by atomic mass is 16.1. The van der Waals surface area contributed by atoms with Crippen molar-refractivity contribution in [3.8, 4) is 0 Å². The van der Waals surface area contributed by atoms with Crippen LogP contribution in [0.5, 0.6) is 0 Å². The smallest absolute Gasteiger partial charge is 0.324 e. The standard InChI is InChI=1S/C5H7N5O/c6-4-7-1-2-3(9-4)10-5(11)8-2/h1H2,(H3,6,7,9)(H2,8,10,11). The van der Waals surface area contributed by atoms with Crippen LogP contribution >= 0.6 is 0 Å². The summed E-state index contributed by atoms with van der Waals surface area (Å²) in [6.07, 6.45) is 0. The zero-order chi connectivity index (χ0) is 7.84. The Morgan fingerprint density at radius 1 is 1.45 bits per heavy atom. The second-order valence-corrected chi connectivity index (χ2v) is 2.26. The SMILES string of the molecule is NC1=NCc2[nH]c(=O)[nH]c2N1. The summed E-state index contributed by atoms with van der Waals surface area (Å²) in [5.74, 6) is 0.940. The monoisotopic (exact) mass is 153 g/mol. The first kappa shape index (κ1) is 6.02. The number of fused-ring (bicyclic) bond motifs is 1. The van der Waals surface area contributed by atoms with Gasteiger partial charge in [-0.05, 0) is 0 Å². The number of aromatic amines is 2. The first-order chi connectivity index (χ1) is 5.25. The van der Waals surface area contributed by atoms with Crippen LogP contribution in [0.4, 0.5) is 5.82 Å². The number of hydrogen-bond donors (Lipinski definition) is 4. The second-order valence-electron chi connectivity index (χ2n) is 2.26. The maximum absolute atomic E-state index is 10.7. The van der Waals surface area contributed by atoms with Crippen LogP contribution in [0, 0.1) is 0 Å². The highest BCUT2D eigenvalue weighted by molar-refractivity contribution is 5.93. The summed E-state index contributed by atoms with van der Waals surface area (Å²) >= 11 is 0. The van der Waals surface area contributed by atoms with E-state index in [1.165, 1.54) is 0 Å². The molecule has 0 atom stereocenters. The molecule has 1 aromatic heterocycles. The highest BCUT2D eigenvalue weighted by Gasteiger charge is 2.11. The molecule has 0 bridgehead atoms. The molecular formula is C5H7N5O. The van der Waals surface area contributed by atoms with Gasteiger partial charge in [0.05, 0.1) is 12.2 Å². The number of aliphatic imine (C=N–C) groups is 1. The van der Waals surface area contributed by atoms with Crippen LogP contribution in [0.3, 0.4) is 0 Å². The third-order valence-corrected chi connectivity index (χ3v) is 1.47. The predicted molar refractivity (Wildman–Crippen MR) is 40.4 cm³/mol. The largest absolute Gasteiger partial charge is 0.370 e. The van der Waals surface area contributed by atoms with Crippen molar-refractivity contribution in [2.75, 3.05) is 5.32 Å². The van der Waals surface area contributed by atoms with E-state index in [-0.39, 0.29) is 5.69 Å². The van der Waals surface area contributed by atoms with Gasteiger partial charge in [-0.25, -0.2) is 9.79 Å². The Bertz CT molecular complexity index is 359. The van der Waals surface area contributed by atoms with Crippen molar-refractivity contribution in [3.63, 3.8) is 0 Å². The fourth-order valence-electron chi connectivity index (χ4n) is 0.977. The van der Waals surface area contributed by atoms with E-state index in [4.69, 9.17) is 5.73 Å². The first-order valence-corrected chi connectivity index (χ1v) is 3.14. The van der Waals surface area contributed by atoms with Gasteiger partial charge in [-0.3, -0.25) is 4.98 Å². The lowest BCUT2D eigenvalue weighted by Gasteiger charge is -2.09. The van der Waals surface area contributed by atoms with Gasteiger partial charge >= 0.3 is 5.69 Å². The molecule has 6 nitrogen and oxygen atoms in total. The first-order valence-electron chi connectivity index (χ1n) is 3.14. The van der Waals surface area contributed by atoms with Crippen molar-refractivity contribution in [1.29, 1.82) is 0 Å². The maximum atomic E-state index is 10.7. The van der Waals surface area contributed by atoms with Crippen LogP contribution in [0.25, 0.3) is 0 Å². The Balaban J connectivity index is 2.48. The number of nitrogens with zero attached hydrogens (tertiary/aromatic N) is 1. The molecule has 1 aliphatic rings. The van der Waals surface area contributed by atoms with E-state index < -0.39 is 0 Å². The van der Waals surface area contributed by atoms with Gasteiger partial charge in [0, 0.05) is 0 Å². The number of anilines is 1. The van der Waals surface area contributed by atoms with E-state index in [0.717, 1.165) is 5.69 Å². The quantitative estimate of drug-likeness (QED) is 0.382. The number of hydrogen-bond acceptors (Lipinski definition) is 4. The molecule has 0 unspecified atom stereocenters. The van der Waals surface area contributed by atoms with Crippen LogP contribution in [-0.4, -0.2) is 15.9 Å². The van der Waals surface area contributed by atoms with Crippen LogP contribution in [0.2, 0.25) is 0 Å². The Morgan fingerprint density at radius 2 is 2.27 bits per heavy atom. The lowest BCUT2D eigenvalue weighted by molar-refractivity contribution is 0.982. The van der Waals surface area contributed by atoms with E-state index in [2.05, 4.69) is 20.3 Å². The summed E-state index contributed by atoms with van der Waals surface area (Å²) in [7, 11) is 0. The second kappa shape index (κ2) is 1.88. The molecule has 0 saturated heterocycles. The molecule has 2 rings (SSSR count). The van der Waals surface area contributed by atoms with Crippen molar-refractivity contribution in [2.45, 2.75) is 6.54 Å². The van der Waals surface area contributed by atoms with Gasteiger partial charge < -0.3 is 16.0 Å². The number of nitrogens with two attached hydrogens (primary N) is 1. The summed E-state index contributed by atoms with van der Waals surface area (Å²) in [5, 5.41) is 2.72. The van der Waals surface area contributed by atoms with Crippen LogP contribution in [0.1, 0.15) is 5.69 Å². The Kier molecular flexibility index (Phi) is 1.03. The molecular weight excluding hydrogens is 146 g/mol. The fraction of sp³-hybridized carbons (Fsp3) is 0.200. The van der Waals surface area contributed by atoms with E-state index in [0.29, 0.717) is 18.3 Å². The van der Waals surface area contributed by atoms with Gasteiger partial charge in [0.15, 0.2) is 5.96 Å². The average Bonchev–Trinajstić information content (AvgIpc) is 2.27. The highest BCUT2D eigenvalue weighted by Crippen LogP contribution is 2.11. The molecule has 0 spiro atoms. The van der Waals surface area contributed by atoms with Gasteiger partial charge in [-0.15, -0.1) is 0 Å². The molecule has 0 amide bonds. The molecule has 0 saturated carbocycles. The Hall–Kier alpha value is -1.72. The molecule has 6 heteroatoms. The van der Waals surface area contributed by atoms with Crippen molar-refractivity contribution >= 4 is 11.8 Å². The van der Waals surface area contributed by atoms with Crippen LogP contribution in [0.15, 0.2) is 9.79 Å². The summed E-state index contributed by atoms with van der Waals surface area (Å²) in [5.41, 5.74) is 5.86. The van der Waals surface area contributed by atoms with Gasteiger partial charge in [0.1, 0.15) is 5.82 Å². The van der Waals surface area contributed by atoms with E-state index in [9.17, 15) is 4.79 Å². The lowest BCUT2D eigenvalue weighted by Crippen LogP contribution is -2.26. The lowest BCUT2D eigenvalue weighted by atomic mass is 10.4. The molecule has 1 aromatic rings. The number of guanidine groups is 1. The predicted octanol–water partition coefficient (Wildman–Crippen LogP) is -1.06. The summed E-state index contributed by atoms with van der Waals surface area (Å²) in [4.78, 5) is 19.7. The van der Waals surface area contributed by atoms with Crippen LogP contribution < -0.4 is 16.7 Å². The molecule has 5 N–H and O–H groups in total. The molecule has 11 heavy (non-hydrogen) atoms. The molecule has 2 heterocycles. The minimum absolute atomic E-state index is 0.243. The van der Waals surface area contributed by atoms with E-state index in [1.807, 2.05) is 0 Å². The number of imidazole rings is 1. The van der Waals surface area contributed by atoms with Gasteiger partial charge in [0.2, 0.25) is 0 Å². The summed E-state index contributed by atoms with van der Waals surface area (Å²) in [6.45, 7) is 0.424. The summed E-state index contributed by atoms with van der Waals surface area (Å²) in [6, 6.07) is 0. The zero-order valence-corrected chi connectivity index (χ0v) is 5.64. The van der Waals surface area contributed by atoms with Crippen molar-refractivity contribution in [2.24, 2.45) is 10.7 Å². The molecule has 0 radical (unpaired) electrons. The van der Waals surface area contributed by atoms with Gasteiger partial charge in [0.25, 0.3) is 0 Å². The third kappa shape index (κ3) is 0.878. The van der Waals surface area contributed by atoms with Crippen molar-refractivity contribution < 1.29 is 0 Å². The summed E-state index contributed by atoms with van der Waals surface area (Å²) < 4.78 is 0. The van der Waals surface area contributed by atoms with Gasteiger partial charge in [-0.2, -0.15) is 0 Å². The van der Waals surface area contributed by atoms with E-state index >= 15 is 0 Å². The number of rotatable bonds is 0. The normalized spacial score (nSPS) is 15.1. The molecule has 0 aromatic carbocycles. The minimum Gasteiger partial charge on any atom is -0.370 e. The topological polar surface area (TPSA) is 99.1 Å². The molecule has 58 valence electrons. The minimum atomic E-state index is -0.243. The molecule has 0 aliphatic carbocycles. The fourth-order valence-corrected chi connectivity index (χ4v) is 0.977. The van der Waals surface area contributed by atoms with E-state index in [1.54, 1.807) is 0 Å². The number of H-pyrrole nitrogens is 2. The Morgan fingerprint density at radius 3 is 3.09 bits per heavy atom. The van der Waals surface area contributed by atoms with Gasteiger partial charge in [-0.1, -0.05) is 0 Å². The van der Waals surface area contributed by atoms with Crippen molar-refractivity contribution in [3.05, 3.63) is 16.2 Å². The average molecular weight is 153 g/mol. The van der Waals surface area contributed by atoms with Crippen LogP contribution in [-0.2, 0) is 6.54 Å². The maximum Gasteiger partial charge on any atom is 0.324 e. The molecule has 1 aliphatic heterocycles. The number of nitrogens with one attached hydrogen (secondary N) is 3. The van der Waals surface area contributed by atoms with Crippen molar-refractivity contribution in [1.82, 2.24) is 9.97 Å². The molecule has 0 fully saturated rings. The number of aromatic nitrogens is 2.